The Morgan fingerprint density at radius 1 is 0.600 bits per heavy atom. The lowest BCUT2D eigenvalue weighted by molar-refractivity contribution is 0.0940. The molecule has 7 rings (SSSR count). The van der Waals surface area contributed by atoms with E-state index in [-0.39, 0.29) is 18.0 Å². The minimum Gasteiger partial charge on any atom is -0.374 e. The molecule has 248 valence electrons. The molecule has 7 aromatic rings. The van der Waals surface area contributed by atoms with E-state index in [1.165, 1.54) is 0 Å². The van der Waals surface area contributed by atoms with Gasteiger partial charge in [0.2, 0.25) is 0 Å². The minimum absolute atomic E-state index is 0.0455. The van der Waals surface area contributed by atoms with Crippen LogP contribution >= 0.6 is 0 Å². The molecule has 50 heavy (non-hydrogen) atoms. The van der Waals surface area contributed by atoms with Crippen molar-refractivity contribution in [2.45, 2.75) is 32.2 Å². The number of amides is 1. The standard InChI is InChI=1S/C42H38N6O2/c1-27(29-14-5-3-6-15-29)43-41(49)35-22-11-9-20-33(35)39-25-37(45-47-39)31-18-13-19-32(24-31)38-26-40(48-46-38)34-21-10-12-23-36(34)42(50)44-28(2)30-16-7-4-8-17-30/h3-28,41,43,49H,1-2H3,(H,44,50)(H,45,47)(H,46,48). The Morgan fingerprint density at radius 3 is 1.76 bits per heavy atom. The molecule has 5 N–H and O–H groups in total. The van der Waals surface area contributed by atoms with Crippen molar-refractivity contribution in [3.63, 3.8) is 0 Å². The molecule has 2 aromatic heterocycles. The van der Waals surface area contributed by atoms with Gasteiger partial charge in [-0.25, -0.2) is 0 Å². The van der Waals surface area contributed by atoms with Crippen molar-refractivity contribution in [2.75, 3.05) is 0 Å². The van der Waals surface area contributed by atoms with Gasteiger partial charge in [-0.05, 0) is 49.2 Å². The first kappa shape index (κ1) is 32.5. The van der Waals surface area contributed by atoms with Crippen molar-refractivity contribution < 1.29 is 9.90 Å². The van der Waals surface area contributed by atoms with E-state index < -0.39 is 6.23 Å². The van der Waals surface area contributed by atoms with Crippen LogP contribution in [0.25, 0.3) is 45.0 Å². The van der Waals surface area contributed by atoms with Gasteiger partial charge in [-0.2, -0.15) is 10.2 Å². The van der Waals surface area contributed by atoms with Crippen molar-refractivity contribution in [2.24, 2.45) is 0 Å². The van der Waals surface area contributed by atoms with Gasteiger partial charge in [0, 0.05) is 39.4 Å². The second-order valence-electron chi connectivity index (χ2n) is 12.4. The average molecular weight is 659 g/mol. The third-order valence-corrected chi connectivity index (χ3v) is 8.97. The minimum atomic E-state index is -0.881. The van der Waals surface area contributed by atoms with E-state index in [1.807, 2.05) is 159 Å². The number of hydrogen-bond acceptors (Lipinski definition) is 5. The number of aromatic amines is 2. The third-order valence-electron chi connectivity index (χ3n) is 8.97. The van der Waals surface area contributed by atoms with Crippen LogP contribution in [0.1, 0.15) is 59.2 Å². The number of aliphatic hydroxyl groups is 1. The van der Waals surface area contributed by atoms with Gasteiger partial charge >= 0.3 is 0 Å². The summed E-state index contributed by atoms with van der Waals surface area (Å²) in [7, 11) is 0. The van der Waals surface area contributed by atoms with Gasteiger partial charge in [-0.3, -0.25) is 20.3 Å². The van der Waals surface area contributed by atoms with Crippen LogP contribution in [0.15, 0.2) is 146 Å². The zero-order chi connectivity index (χ0) is 34.5. The molecule has 0 aliphatic rings. The lowest BCUT2D eigenvalue weighted by atomic mass is 10.00. The third kappa shape index (κ3) is 7.03. The van der Waals surface area contributed by atoms with Gasteiger partial charge in [0.1, 0.15) is 6.23 Å². The maximum atomic E-state index is 13.4. The van der Waals surface area contributed by atoms with Gasteiger partial charge in [-0.15, -0.1) is 0 Å². The van der Waals surface area contributed by atoms with Crippen molar-refractivity contribution in [3.05, 3.63) is 168 Å². The van der Waals surface area contributed by atoms with E-state index in [0.29, 0.717) is 5.56 Å². The molecule has 0 fully saturated rings. The molecule has 0 saturated carbocycles. The number of rotatable bonds is 11. The van der Waals surface area contributed by atoms with Crippen molar-refractivity contribution in [3.8, 4) is 45.0 Å². The summed E-state index contributed by atoms with van der Waals surface area (Å²) in [4.78, 5) is 13.4. The summed E-state index contributed by atoms with van der Waals surface area (Å²) in [6, 6.07) is 47.1. The van der Waals surface area contributed by atoms with Crippen LogP contribution in [0.3, 0.4) is 0 Å². The summed E-state index contributed by atoms with van der Waals surface area (Å²) < 4.78 is 0. The molecular weight excluding hydrogens is 621 g/mol. The molecular formula is C42H38N6O2. The van der Waals surface area contributed by atoms with Crippen molar-refractivity contribution >= 4 is 5.91 Å². The smallest absolute Gasteiger partial charge is 0.252 e. The predicted molar refractivity (Wildman–Crippen MR) is 198 cm³/mol. The molecule has 0 spiro atoms. The Morgan fingerprint density at radius 2 is 1.12 bits per heavy atom. The van der Waals surface area contributed by atoms with Crippen molar-refractivity contribution in [1.29, 1.82) is 0 Å². The molecule has 0 saturated heterocycles. The summed E-state index contributed by atoms with van der Waals surface area (Å²) >= 11 is 0. The number of nitrogens with one attached hydrogen (secondary N) is 4. The number of carbonyl (C=O) groups excluding carboxylic acids is 1. The predicted octanol–water partition coefficient (Wildman–Crippen LogP) is 8.63. The number of benzene rings is 5. The van der Waals surface area contributed by atoms with Crippen LogP contribution in [-0.4, -0.2) is 31.4 Å². The Hall–Kier alpha value is -6.09. The highest BCUT2D eigenvalue weighted by Crippen LogP contribution is 2.33. The first-order valence-electron chi connectivity index (χ1n) is 16.7. The molecule has 3 atom stereocenters. The highest BCUT2D eigenvalue weighted by molar-refractivity contribution is 6.00. The molecule has 0 radical (unpaired) electrons. The molecule has 0 bridgehead atoms. The van der Waals surface area contributed by atoms with Gasteiger partial charge in [-0.1, -0.05) is 121 Å². The number of H-pyrrole nitrogens is 2. The van der Waals surface area contributed by atoms with Crippen LogP contribution in [0.2, 0.25) is 0 Å². The van der Waals surface area contributed by atoms with Gasteiger partial charge < -0.3 is 10.4 Å². The lowest BCUT2D eigenvalue weighted by Crippen LogP contribution is -2.27. The SMILES string of the molecule is CC(NC(=O)c1ccccc1-c1cc(-c2cccc(-c3cc(-c4ccccc4C(O)NC(C)c4ccccc4)[nH]n3)c2)n[nH]1)c1ccccc1. The van der Waals surface area contributed by atoms with Gasteiger partial charge in [0.25, 0.3) is 5.91 Å². The first-order valence-corrected chi connectivity index (χ1v) is 16.7. The normalized spacial score (nSPS) is 13.0. The maximum Gasteiger partial charge on any atom is 0.252 e. The lowest BCUT2D eigenvalue weighted by Gasteiger charge is -2.21. The van der Waals surface area contributed by atoms with E-state index in [1.54, 1.807) is 0 Å². The average Bonchev–Trinajstić information content (AvgIpc) is 3.87. The number of aromatic nitrogens is 4. The zero-order valence-corrected chi connectivity index (χ0v) is 27.8. The van der Waals surface area contributed by atoms with Crippen LogP contribution in [0, 0.1) is 0 Å². The second-order valence-corrected chi connectivity index (χ2v) is 12.4. The van der Waals surface area contributed by atoms with Gasteiger partial charge in [0.05, 0.1) is 28.8 Å². The van der Waals surface area contributed by atoms with E-state index in [4.69, 9.17) is 0 Å². The Balaban J connectivity index is 1.10. The fraction of sp³-hybridized carbons (Fsp3) is 0.119. The zero-order valence-electron chi connectivity index (χ0n) is 27.8. The Bertz CT molecular complexity index is 2210. The van der Waals surface area contributed by atoms with Crippen LogP contribution in [0.4, 0.5) is 0 Å². The van der Waals surface area contributed by atoms with E-state index >= 15 is 0 Å². The van der Waals surface area contributed by atoms with Crippen LogP contribution < -0.4 is 10.6 Å². The molecule has 1 amide bonds. The summed E-state index contributed by atoms with van der Waals surface area (Å²) in [6.07, 6.45) is -0.881. The van der Waals surface area contributed by atoms with E-state index in [9.17, 15) is 9.90 Å². The number of hydrogen-bond donors (Lipinski definition) is 5. The summed E-state index contributed by atoms with van der Waals surface area (Å²) in [6.45, 7) is 4.01. The summed E-state index contributed by atoms with van der Waals surface area (Å²) in [5.41, 5.74) is 9.97. The molecule has 2 heterocycles. The summed E-state index contributed by atoms with van der Waals surface area (Å²) in [5.74, 6) is -0.153. The quantitative estimate of drug-likeness (QED) is 0.0892. The van der Waals surface area contributed by atoms with Crippen molar-refractivity contribution in [1.82, 2.24) is 31.0 Å². The Kier molecular flexibility index (Phi) is 9.46. The van der Waals surface area contributed by atoms with Crippen LogP contribution in [-0.2, 0) is 0 Å². The topological polar surface area (TPSA) is 119 Å². The second kappa shape index (κ2) is 14.6. The summed E-state index contributed by atoms with van der Waals surface area (Å²) in [5, 5.41) is 33.2. The number of aliphatic hydroxyl groups excluding tert-OH is 1. The number of nitrogens with zero attached hydrogens (tertiary/aromatic N) is 2. The molecule has 3 unspecified atom stereocenters. The first-order chi connectivity index (χ1) is 24.4. The molecule has 0 aliphatic carbocycles. The monoisotopic (exact) mass is 658 g/mol. The maximum absolute atomic E-state index is 13.4. The molecule has 8 nitrogen and oxygen atoms in total. The molecule has 0 aliphatic heterocycles. The fourth-order valence-electron chi connectivity index (χ4n) is 6.21. The largest absolute Gasteiger partial charge is 0.374 e. The number of carbonyl (C=O) groups is 1. The highest BCUT2D eigenvalue weighted by atomic mass is 16.3. The highest BCUT2D eigenvalue weighted by Gasteiger charge is 2.20. The molecule has 8 heteroatoms. The fourth-order valence-corrected chi connectivity index (χ4v) is 6.21. The Labute approximate surface area is 291 Å². The van der Waals surface area contributed by atoms with Crippen LogP contribution in [0.5, 0.6) is 0 Å². The van der Waals surface area contributed by atoms with E-state index in [2.05, 4.69) is 31.0 Å². The van der Waals surface area contributed by atoms with Gasteiger partial charge in [0.15, 0.2) is 0 Å². The molecule has 5 aromatic carbocycles. The van der Waals surface area contributed by atoms with E-state index in [0.717, 1.165) is 61.7 Å².